The Bertz CT molecular complexity index is 1180. The summed E-state index contributed by atoms with van der Waals surface area (Å²) in [5.41, 5.74) is 0.895. The van der Waals surface area contributed by atoms with E-state index >= 15 is 0 Å². The zero-order chi connectivity index (χ0) is 20.6. The van der Waals surface area contributed by atoms with Crippen LogP contribution in [0.25, 0.3) is 10.9 Å². The summed E-state index contributed by atoms with van der Waals surface area (Å²) in [4.78, 5) is 12.3. The molecule has 9 heteroatoms. The Morgan fingerprint density at radius 2 is 1.83 bits per heavy atom. The van der Waals surface area contributed by atoms with E-state index in [4.69, 9.17) is 0 Å². The average Bonchev–Trinajstić information content (AvgIpc) is 3.04. The van der Waals surface area contributed by atoms with Crippen LogP contribution in [0.15, 0.2) is 47.4 Å². The Balaban J connectivity index is 1.65. The third-order valence-corrected chi connectivity index (χ3v) is 7.03. The van der Waals surface area contributed by atoms with Crippen LogP contribution in [0.3, 0.4) is 0 Å². The summed E-state index contributed by atoms with van der Waals surface area (Å²) < 4.78 is 43.0. The van der Waals surface area contributed by atoms with Crippen LogP contribution >= 0.6 is 0 Å². The number of nitrogens with one attached hydrogen (secondary N) is 1. The van der Waals surface area contributed by atoms with Crippen molar-refractivity contribution < 1.29 is 17.6 Å². The molecule has 152 valence electrons. The van der Waals surface area contributed by atoms with Gasteiger partial charge in [-0.3, -0.25) is 9.48 Å². The van der Waals surface area contributed by atoms with Crippen molar-refractivity contribution in [3.63, 3.8) is 0 Å². The summed E-state index contributed by atoms with van der Waals surface area (Å²) in [7, 11) is -2.23. The van der Waals surface area contributed by atoms with Gasteiger partial charge in [0.05, 0.1) is 5.52 Å². The second-order valence-electron chi connectivity index (χ2n) is 7.05. The molecule has 0 bridgehead atoms. The van der Waals surface area contributed by atoms with Crippen molar-refractivity contribution in [1.82, 2.24) is 14.1 Å². The van der Waals surface area contributed by atoms with Crippen molar-refractivity contribution in [1.29, 1.82) is 0 Å². The van der Waals surface area contributed by atoms with Crippen LogP contribution in [0.1, 0.15) is 29.6 Å². The minimum Gasteiger partial charge on any atom is -0.305 e. The maximum Gasteiger partial charge on any atom is 0.256 e. The molecule has 4 rings (SSSR count). The van der Waals surface area contributed by atoms with Gasteiger partial charge in [-0.05, 0) is 43.2 Å². The molecular weight excluding hydrogens is 395 g/mol. The van der Waals surface area contributed by atoms with Crippen molar-refractivity contribution in [2.24, 2.45) is 7.05 Å². The van der Waals surface area contributed by atoms with Crippen LogP contribution in [0, 0.1) is 5.82 Å². The number of halogens is 1. The highest BCUT2D eigenvalue weighted by Gasteiger charge is 2.29. The van der Waals surface area contributed by atoms with Crippen molar-refractivity contribution in [2.75, 3.05) is 18.4 Å². The summed E-state index contributed by atoms with van der Waals surface area (Å²) in [6.45, 7) is 0.718. The van der Waals surface area contributed by atoms with Gasteiger partial charge in [-0.15, -0.1) is 0 Å². The predicted molar refractivity (Wildman–Crippen MR) is 108 cm³/mol. The minimum absolute atomic E-state index is 0.0525. The molecular formula is C20H21FN4O3S. The summed E-state index contributed by atoms with van der Waals surface area (Å²) in [5, 5.41) is 7.76. The van der Waals surface area contributed by atoms with Crippen molar-refractivity contribution in [2.45, 2.75) is 24.2 Å². The van der Waals surface area contributed by atoms with Crippen LogP contribution in [-0.4, -0.2) is 41.5 Å². The number of anilines is 1. The first-order valence-electron chi connectivity index (χ1n) is 9.41. The Hall–Kier alpha value is -2.78. The molecule has 0 radical (unpaired) electrons. The Morgan fingerprint density at radius 1 is 1.10 bits per heavy atom. The van der Waals surface area contributed by atoms with Gasteiger partial charge in [0.1, 0.15) is 10.7 Å². The number of benzene rings is 2. The molecule has 29 heavy (non-hydrogen) atoms. The van der Waals surface area contributed by atoms with Gasteiger partial charge in [-0.1, -0.05) is 18.6 Å². The number of carbonyl (C=O) groups excluding carboxylic acids is 1. The van der Waals surface area contributed by atoms with Gasteiger partial charge in [0, 0.05) is 31.1 Å². The summed E-state index contributed by atoms with van der Waals surface area (Å²) in [6, 6.07) is 10.8. The molecule has 2 aromatic carbocycles. The van der Waals surface area contributed by atoms with Gasteiger partial charge in [0.2, 0.25) is 10.0 Å². The molecule has 1 saturated heterocycles. The van der Waals surface area contributed by atoms with Crippen LogP contribution in [0.5, 0.6) is 0 Å². The minimum atomic E-state index is -3.99. The molecule has 0 spiro atoms. The number of hydrogen-bond donors (Lipinski definition) is 1. The highest BCUT2D eigenvalue weighted by molar-refractivity contribution is 7.89. The largest absolute Gasteiger partial charge is 0.305 e. The van der Waals surface area contributed by atoms with Gasteiger partial charge in [0.15, 0.2) is 5.82 Å². The van der Waals surface area contributed by atoms with E-state index in [1.54, 1.807) is 11.7 Å². The third-order valence-electron chi connectivity index (χ3n) is 5.12. The van der Waals surface area contributed by atoms with Crippen molar-refractivity contribution >= 4 is 32.7 Å². The highest BCUT2D eigenvalue weighted by atomic mass is 32.2. The van der Waals surface area contributed by atoms with Gasteiger partial charge in [-0.25, -0.2) is 12.8 Å². The topological polar surface area (TPSA) is 84.3 Å². The number of hydrogen-bond acceptors (Lipinski definition) is 4. The van der Waals surface area contributed by atoms with Crippen molar-refractivity contribution in [3.8, 4) is 0 Å². The lowest BCUT2D eigenvalue weighted by molar-refractivity contribution is 0.102. The predicted octanol–water partition coefficient (Wildman–Crippen LogP) is 3.14. The summed E-state index contributed by atoms with van der Waals surface area (Å²) in [5.74, 6) is -1.06. The number of nitrogens with zero attached hydrogens (tertiary/aromatic N) is 3. The average molecular weight is 416 g/mol. The van der Waals surface area contributed by atoms with E-state index in [0.29, 0.717) is 18.9 Å². The van der Waals surface area contributed by atoms with Gasteiger partial charge in [0.25, 0.3) is 5.91 Å². The molecule has 0 saturated carbocycles. The third kappa shape index (κ3) is 3.63. The fraction of sp³-hybridized carbons (Fsp3) is 0.300. The summed E-state index contributed by atoms with van der Waals surface area (Å²) in [6.07, 6.45) is 2.44. The van der Waals surface area contributed by atoms with Gasteiger partial charge < -0.3 is 5.32 Å². The smallest absolute Gasteiger partial charge is 0.256 e. The van der Waals surface area contributed by atoms with Crippen molar-refractivity contribution in [3.05, 3.63) is 53.8 Å². The molecule has 1 amide bonds. The maximum absolute atomic E-state index is 14.4. The molecule has 0 atom stereocenters. The molecule has 0 unspecified atom stereocenters. The lowest BCUT2D eigenvalue weighted by atomic mass is 10.2. The number of aryl methyl sites for hydroxylation is 1. The highest BCUT2D eigenvalue weighted by Crippen LogP contribution is 2.26. The first-order chi connectivity index (χ1) is 13.9. The maximum atomic E-state index is 14.4. The van der Waals surface area contributed by atoms with Crippen LogP contribution in [-0.2, 0) is 17.1 Å². The van der Waals surface area contributed by atoms with E-state index < -0.39 is 26.6 Å². The number of sulfonamides is 1. The number of aromatic nitrogens is 2. The molecule has 2 heterocycles. The summed E-state index contributed by atoms with van der Waals surface area (Å²) >= 11 is 0. The Labute approximate surface area is 168 Å². The van der Waals surface area contributed by atoms with E-state index in [2.05, 4.69) is 10.4 Å². The number of piperidine rings is 1. The molecule has 0 aliphatic carbocycles. The molecule has 1 aromatic heterocycles. The van der Waals surface area contributed by atoms with Crippen LogP contribution in [0.4, 0.5) is 10.2 Å². The first kappa shape index (κ1) is 19.5. The molecule has 7 nitrogen and oxygen atoms in total. The number of carbonyl (C=O) groups is 1. The SMILES string of the molecule is Cn1nc(NC(=O)c2ccc(F)c(S(=O)(=O)N3CCCCC3)c2)c2ccccc21. The standard InChI is InChI=1S/C20H21FN4O3S/c1-24-17-8-4-3-7-15(17)19(23-24)22-20(26)14-9-10-16(21)18(13-14)29(27,28)25-11-5-2-6-12-25/h3-4,7-10,13H,2,5-6,11-12H2,1H3,(H,22,23,26). The monoisotopic (exact) mass is 416 g/mol. The number of fused-ring (bicyclic) bond motifs is 1. The molecule has 1 N–H and O–H groups in total. The fourth-order valence-corrected chi connectivity index (χ4v) is 5.18. The fourth-order valence-electron chi connectivity index (χ4n) is 3.57. The lowest BCUT2D eigenvalue weighted by Crippen LogP contribution is -2.36. The Morgan fingerprint density at radius 3 is 2.59 bits per heavy atom. The molecule has 1 aliphatic heterocycles. The molecule has 1 fully saturated rings. The lowest BCUT2D eigenvalue weighted by Gasteiger charge is -2.26. The number of amides is 1. The van der Waals surface area contributed by atoms with Gasteiger partial charge >= 0.3 is 0 Å². The van der Waals surface area contributed by atoms with E-state index in [-0.39, 0.29) is 5.56 Å². The Kier molecular flexibility index (Phi) is 5.10. The second-order valence-corrected chi connectivity index (χ2v) is 8.96. The van der Waals surface area contributed by atoms with E-state index in [9.17, 15) is 17.6 Å². The zero-order valence-corrected chi connectivity index (χ0v) is 16.7. The van der Waals surface area contributed by atoms with Crippen LogP contribution < -0.4 is 5.32 Å². The molecule has 1 aliphatic rings. The van der Waals surface area contributed by atoms with E-state index in [1.165, 1.54) is 10.4 Å². The van der Waals surface area contributed by atoms with Crippen LogP contribution in [0.2, 0.25) is 0 Å². The first-order valence-corrected chi connectivity index (χ1v) is 10.8. The number of rotatable bonds is 4. The quantitative estimate of drug-likeness (QED) is 0.708. The van der Waals surface area contributed by atoms with Gasteiger partial charge in [-0.2, -0.15) is 9.40 Å². The van der Waals surface area contributed by atoms with E-state index in [1.807, 2.05) is 24.3 Å². The van der Waals surface area contributed by atoms with E-state index in [0.717, 1.165) is 42.3 Å². The number of para-hydroxylation sites is 1. The molecule has 3 aromatic rings. The normalized spacial score (nSPS) is 15.5. The zero-order valence-electron chi connectivity index (χ0n) is 15.9. The second kappa shape index (κ2) is 7.57.